The molecule has 4 rings (SSSR count). The number of amides is 4. The number of nitrogens with one attached hydrogen (secondary N) is 1. The van der Waals surface area contributed by atoms with Crippen LogP contribution in [0.1, 0.15) is 43.4 Å². The number of nitrogens with zero attached hydrogens (tertiary/aromatic N) is 2. The molecule has 0 saturated carbocycles. The third kappa shape index (κ3) is 4.61. The second-order valence-electron chi connectivity index (χ2n) is 8.45. The van der Waals surface area contributed by atoms with Gasteiger partial charge in [-0.25, -0.2) is 9.18 Å². The second-order valence-corrected chi connectivity index (χ2v) is 8.45. The fourth-order valence-corrected chi connectivity index (χ4v) is 4.43. The number of imide groups is 1. The highest BCUT2D eigenvalue weighted by Crippen LogP contribution is 2.34. The van der Waals surface area contributed by atoms with Crippen molar-refractivity contribution < 1.29 is 23.5 Å². The smallest absolute Gasteiger partial charge is 0.325 e. The molecule has 2 fully saturated rings. The molecule has 2 aliphatic rings. The first kappa shape index (κ1) is 22.9. The normalized spacial score (nSPS) is 23.0. The lowest BCUT2D eigenvalue weighted by molar-refractivity contribution is -0.144. The molecule has 0 aliphatic carbocycles. The van der Waals surface area contributed by atoms with Crippen molar-refractivity contribution in [2.45, 2.75) is 37.8 Å². The van der Waals surface area contributed by atoms with Crippen molar-refractivity contribution in [3.05, 3.63) is 71.5 Å². The maximum atomic E-state index is 13.5. The molecule has 2 saturated heterocycles. The quantitative estimate of drug-likeness (QED) is 0.652. The Bertz CT molecular complexity index is 1010. The molecule has 7 nitrogen and oxygen atoms in total. The van der Waals surface area contributed by atoms with Crippen LogP contribution in [0.25, 0.3) is 0 Å². The molecule has 2 atom stereocenters. The topological polar surface area (TPSA) is 79.0 Å². The Morgan fingerprint density at radius 2 is 1.88 bits per heavy atom. The van der Waals surface area contributed by atoms with Gasteiger partial charge in [0.2, 0.25) is 5.91 Å². The molecule has 2 aromatic carbocycles. The summed E-state index contributed by atoms with van der Waals surface area (Å²) in [5, 5.41) is 2.87. The number of rotatable bonds is 7. The molecular formula is C25H28FN3O4. The summed E-state index contributed by atoms with van der Waals surface area (Å²) >= 11 is 0. The Balaban J connectivity index is 1.49. The third-order valence-electron chi connectivity index (χ3n) is 6.30. The summed E-state index contributed by atoms with van der Waals surface area (Å²) in [6.07, 6.45) is 1.70. The van der Waals surface area contributed by atoms with Gasteiger partial charge in [-0.15, -0.1) is 0 Å². The van der Waals surface area contributed by atoms with E-state index in [1.165, 1.54) is 12.1 Å². The van der Waals surface area contributed by atoms with Crippen LogP contribution in [0.4, 0.5) is 9.18 Å². The van der Waals surface area contributed by atoms with Crippen molar-refractivity contribution >= 4 is 17.8 Å². The highest BCUT2D eigenvalue weighted by Gasteiger charge is 2.52. The van der Waals surface area contributed by atoms with E-state index < -0.39 is 17.5 Å². The van der Waals surface area contributed by atoms with Crippen molar-refractivity contribution in [1.82, 2.24) is 15.1 Å². The summed E-state index contributed by atoms with van der Waals surface area (Å²) in [6, 6.07) is 14.6. The van der Waals surface area contributed by atoms with Gasteiger partial charge in [0.25, 0.3) is 5.91 Å². The molecule has 33 heavy (non-hydrogen) atoms. The minimum Gasteiger partial charge on any atom is -0.370 e. The van der Waals surface area contributed by atoms with Crippen LogP contribution in [0.3, 0.4) is 0 Å². The van der Waals surface area contributed by atoms with Gasteiger partial charge in [0.1, 0.15) is 24.0 Å². The van der Waals surface area contributed by atoms with Crippen LogP contribution in [0.5, 0.6) is 0 Å². The van der Waals surface area contributed by atoms with Gasteiger partial charge in [-0.05, 0) is 29.7 Å². The average molecular weight is 454 g/mol. The maximum Gasteiger partial charge on any atom is 0.325 e. The summed E-state index contributed by atoms with van der Waals surface area (Å²) in [7, 11) is 0. The zero-order chi connectivity index (χ0) is 23.4. The van der Waals surface area contributed by atoms with E-state index in [0.29, 0.717) is 19.6 Å². The molecule has 1 N–H and O–H groups in total. The van der Waals surface area contributed by atoms with Crippen molar-refractivity contribution in [1.29, 1.82) is 0 Å². The van der Waals surface area contributed by atoms with Crippen molar-refractivity contribution in [3.63, 3.8) is 0 Å². The molecular weight excluding hydrogens is 425 g/mol. The van der Waals surface area contributed by atoms with E-state index in [4.69, 9.17) is 4.74 Å². The lowest BCUT2D eigenvalue weighted by Crippen LogP contribution is -2.48. The predicted molar refractivity (Wildman–Crippen MR) is 120 cm³/mol. The fourth-order valence-electron chi connectivity index (χ4n) is 4.43. The molecule has 0 spiro atoms. The van der Waals surface area contributed by atoms with Gasteiger partial charge < -0.3 is 15.0 Å². The molecule has 174 valence electrons. The van der Waals surface area contributed by atoms with Gasteiger partial charge in [0.05, 0.1) is 13.2 Å². The largest absolute Gasteiger partial charge is 0.370 e. The van der Waals surface area contributed by atoms with Gasteiger partial charge in [-0.2, -0.15) is 0 Å². The molecule has 2 aliphatic heterocycles. The lowest BCUT2D eigenvalue weighted by Gasteiger charge is -2.34. The summed E-state index contributed by atoms with van der Waals surface area (Å²) in [6.45, 7) is 2.64. The Labute approximate surface area is 192 Å². The Kier molecular flexibility index (Phi) is 6.74. The molecule has 0 radical (unpaired) electrons. The molecule has 0 bridgehead atoms. The second kappa shape index (κ2) is 9.70. The van der Waals surface area contributed by atoms with Crippen molar-refractivity contribution in [2.24, 2.45) is 0 Å². The number of ether oxygens (including phenoxy) is 1. The zero-order valence-electron chi connectivity index (χ0n) is 18.6. The Hall–Kier alpha value is -3.26. The van der Waals surface area contributed by atoms with Crippen LogP contribution in [-0.2, 0) is 19.9 Å². The van der Waals surface area contributed by atoms with E-state index >= 15 is 0 Å². The first-order chi connectivity index (χ1) is 15.9. The average Bonchev–Trinajstić information content (AvgIpc) is 3.09. The Morgan fingerprint density at radius 1 is 1.15 bits per heavy atom. The molecule has 0 aromatic heterocycles. The number of morpholine rings is 1. The van der Waals surface area contributed by atoms with Gasteiger partial charge in [0.15, 0.2) is 0 Å². The van der Waals surface area contributed by atoms with Gasteiger partial charge in [-0.1, -0.05) is 62.2 Å². The van der Waals surface area contributed by atoms with Gasteiger partial charge >= 0.3 is 6.03 Å². The predicted octanol–water partition coefficient (Wildman–Crippen LogP) is 3.36. The van der Waals surface area contributed by atoms with Crippen LogP contribution >= 0.6 is 0 Å². The minimum absolute atomic E-state index is 0.272. The molecule has 2 heterocycles. The number of carbonyl (C=O) groups is 3. The van der Waals surface area contributed by atoms with E-state index in [1.54, 1.807) is 17.0 Å². The van der Waals surface area contributed by atoms with Crippen molar-refractivity contribution in [3.8, 4) is 0 Å². The summed E-state index contributed by atoms with van der Waals surface area (Å²) in [5.74, 6) is -1.07. The number of hydrogen-bond acceptors (Lipinski definition) is 4. The Morgan fingerprint density at radius 3 is 2.58 bits per heavy atom. The number of urea groups is 1. The monoisotopic (exact) mass is 453 g/mol. The lowest BCUT2D eigenvalue weighted by atomic mass is 9.85. The van der Waals surface area contributed by atoms with Gasteiger partial charge in [0, 0.05) is 6.54 Å². The number of hydrogen-bond donors (Lipinski definition) is 1. The highest BCUT2D eigenvalue weighted by atomic mass is 19.1. The van der Waals surface area contributed by atoms with Crippen LogP contribution in [0.2, 0.25) is 0 Å². The number of carbonyl (C=O) groups excluding carboxylic acids is 3. The summed E-state index contributed by atoms with van der Waals surface area (Å²) in [5.41, 5.74) is 0.331. The summed E-state index contributed by atoms with van der Waals surface area (Å²) in [4.78, 5) is 42.0. The molecule has 2 aromatic rings. The SMILES string of the molecule is CCCCC1(c2ccccc2)NC(=O)N(CC(=O)N2CCOC(c3ccc(F)cc3)C2)C1=O. The zero-order valence-corrected chi connectivity index (χ0v) is 18.6. The van der Waals surface area contributed by atoms with Crippen LogP contribution in [-0.4, -0.2) is 53.9 Å². The van der Waals surface area contributed by atoms with Crippen LogP contribution < -0.4 is 5.32 Å². The standard InChI is InChI=1S/C25H28FN3O4/c1-2-3-13-25(19-7-5-4-6-8-19)23(31)29(24(32)27-25)17-22(30)28-14-15-33-21(16-28)18-9-11-20(26)12-10-18/h4-12,21H,2-3,13-17H2,1H3,(H,27,32). The van der Waals surface area contributed by atoms with Crippen LogP contribution in [0, 0.1) is 5.82 Å². The number of benzene rings is 2. The van der Waals surface area contributed by atoms with E-state index in [-0.39, 0.29) is 30.9 Å². The first-order valence-electron chi connectivity index (χ1n) is 11.3. The number of halogens is 1. The number of unbranched alkanes of at least 4 members (excludes halogenated alkanes) is 1. The van der Waals surface area contributed by atoms with E-state index in [0.717, 1.165) is 28.9 Å². The van der Waals surface area contributed by atoms with E-state index in [9.17, 15) is 18.8 Å². The summed E-state index contributed by atoms with van der Waals surface area (Å²) < 4.78 is 19.0. The fraction of sp³-hybridized carbons (Fsp3) is 0.400. The maximum absolute atomic E-state index is 13.5. The van der Waals surface area contributed by atoms with Gasteiger partial charge in [-0.3, -0.25) is 14.5 Å². The molecule has 8 heteroatoms. The van der Waals surface area contributed by atoms with E-state index in [1.807, 2.05) is 37.3 Å². The van der Waals surface area contributed by atoms with E-state index in [2.05, 4.69) is 5.32 Å². The highest BCUT2D eigenvalue weighted by molar-refractivity contribution is 6.09. The molecule has 2 unspecified atom stereocenters. The van der Waals surface area contributed by atoms with Crippen molar-refractivity contribution in [2.75, 3.05) is 26.2 Å². The molecule has 4 amide bonds. The minimum atomic E-state index is -1.16. The third-order valence-corrected chi connectivity index (χ3v) is 6.30. The first-order valence-corrected chi connectivity index (χ1v) is 11.3. The van der Waals surface area contributed by atoms with Crippen LogP contribution in [0.15, 0.2) is 54.6 Å².